The first kappa shape index (κ1) is 24.4. The second kappa shape index (κ2) is 10.1. The molecule has 0 spiro atoms. The molecule has 3 rings (SSSR count). The molecule has 0 aliphatic carbocycles. The lowest BCUT2D eigenvalue weighted by Gasteiger charge is -2.19. The average molecular weight is 480 g/mol. The molecule has 0 N–H and O–H groups in total. The molecule has 1 heterocycles. The molecule has 0 aliphatic rings. The Morgan fingerprint density at radius 2 is 1.70 bits per heavy atom. The molecule has 3 aromatic rings. The molecule has 1 aromatic heterocycles. The minimum atomic E-state index is -0.854. The Balaban J connectivity index is 1.69. The van der Waals surface area contributed by atoms with Gasteiger partial charge < -0.3 is 14.2 Å². The highest BCUT2D eigenvalue weighted by Crippen LogP contribution is 2.28. The Morgan fingerprint density at radius 3 is 2.39 bits per heavy atom. The van der Waals surface area contributed by atoms with Gasteiger partial charge in [0.05, 0.1) is 12.1 Å². The molecular weight excluding hydrogens is 459 g/mol. The van der Waals surface area contributed by atoms with Gasteiger partial charge in [-0.25, -0.2) is 13.2 Å². The third-order valence-corrected chi connectivity index (χ3v) is 4.38. The van der Waals surface area contributed by atoms with E-state index in [0.29, 0.717) is 5.69 Å². The van der Waals surface area contributed by atoms with Crippen LogP contribution in [0.4, 0.5) is 13.2 Å². The van der Waals surface area contributed by atoms with Gasteiger partial charge in [-0.1, -0.05) is 11.6 Å². The number of hydrogen-bond acceptors (Lipinski definition) is 5. The summed E-state index contributed by atoms with van der Waals surface area (Å²) in [6, 6.07) is 8.62. The fourth-order valence-electron chi connectivity index (χ4n) is 2.79. The third-order valence-electron chi connectivity index (χ3n) is 4.14. The third kappa shape index (κ3) is 7.12. The van der Waals surface area contributed by atoms with E-state index in [1.54, 1.807) is 20.8 Å². The molecule has 0 fully saturated rings. The van der Waals surface area contributed by atoms with Crippen molar-refractivity contribution in [3.63, 3.8) is 0 Å². The molecule has 2 aromatic carbocycles. The lowest BCUT2D eigenvalue weighted by molar-refractivity contribution is -0.153. The van der Waals surface area contributed by atoms with Crippen molar-refractivity contribution in [3.8, 4) is 17.2 Å². The Bertz CT molecular complexity index is 1160. The van der Waals surface area contributed by atoms with Crippen molar-refractivity contribution < 1.29 is 32.2 Å². The fourth-order valence-corrected chi connectivity index (χ4v) is 2.94. The summed E-state index contributed by atoms with van der Waals surface area (Å²) in [7, 11) is 0. The first-order chi connectivity index (χ1) is 15.5. The van der Waals surface area contributed by atoms with Crippen LogP contribution in [-0.4, -0.2) is 16.6 Å². The first-order valence-electron chi connectivity index (χ1n) is 9.90. The minimum Gasteiger partial charge on any atom is -0.484 e. The van der Waals surface area contributed by atoms with Gasteiger partial charge >= 0.3 is 5.97 Å². The normalized spacial score (nSPS) is 11.2. The lowest BCUT2D eigenvalue weighted by Crippen LogP contribution is -2.25. The predicted octanol–water partition coefficient (Wildman–Crippen LogP) is 6.41. The molecule has 0 saturated heterocycles. The molecule has 0 bridgehead atoms. The zero-order chi connectivity index (χ0) is 24.2. The van der Waals surface area contributed by atoms with Crippen molar-refractivity contribution in [3.05, 3.63) is 82.4 Å². The van der Waals surface area contributed by atoms with Crippen molar-refractivity contribution in [1.29, 1.82) is 0 Å². The number of benzene rings is 2. The van der Waals surface area contributed by atoms with Gasteiger partial charge in [0.15, 0.2) is 23.1 Å². The second-order valence-electron chi connectivity index (χ2n) is 8.09. The number of carbonyl (C=O) groups excluding carboxylic acids is 1. The largest absolute Gasteiger partial charge is 0.484 e. The topological polar surface area (TPSA) is 57.7 Å². The monoisotopic (exact) mass is 479 g/mol. The van der Waals surface area contributed by atoms with Crippen LogP contribution in [0.15, 0.2) is 48.7 Å². The van der Waals surface area contributed by atoms with Crippen LogP contribution in [0.3, 0.4) is 0 Å². The van der Waals surface area contributed by atoms with Crippen molar-refractivity contribution in [2.45, 2.75) is 39.4 Å². The van der Waals surface area contributed by atoms with Gasteiger partial charge in [0.25, 0.3) is 0 Å². The van der Waals surface area contributed by atoms with Crippen LogP contribution in [-0.2, 0) is 22.6 Å². The van der Waals surface area contributed by atoms with Gasteiger partial charge in [-0.2, -0.15) is 0 Å². The van der Waals surface area contributed by atoms with E-state index in [4.69, 9.17) is 25.8 Å². The van der Waals surface area contributed by atoms with E-state index >= 15 is 0 Å². The van der Waals surface area contributed by atoms with Crippen LogP contribution in [0.2, 0.25) is 5.02 Å². The van der Waals surface area contributed by atoms with Crippen molar-refractivity contribution in [1.82, 2.24) is 4.98 Å². The summed E-state index contributed by atoms with van der Waals surface area (Å²) in [6.45, 7) is 4.94. The van der Waals surface area contributed by atoms with E-state index < -0.39 is 35.4 Å². The molecule has 0 amide bonds. The summed E-state index contributed by atoms with van der Waals surface area (Å²) < 4.78 is 58.8. The maximum Gasteiger partial charge on any atom is 0.310 e. The van der Waals surface area contributed by atoms with E-state index in [0.717, 1.165) is 18.2 Å². The second-order valence-corrected chi connectivity index (χ2v) is 8.52. The fraction of sp³-hybridized carbons (Fsp3) is 0.250. The highest BCUT2D eigenvalue weighted by Gasteiger charge is 2.20. The number of pyridine rings is 1. The van der Waals surface area contributed by atoms with Gasteiger partial charge in [0.1, 0.15) is 23.8 Å². The van der Waals surface area contributed by atoms with Gasteiger partial charge in [-0.05, 0) is 51.1 Å². The maximum absolute atomic E-state index is 14.5. The summed E-state index contributed by atoms with van der Waals surface area (Å²) in [5.74, 6) is -3.19. The van der Waals surface area contributed by atoms with E-state index in [2.05, 4.69) is 4.98 Å². The van der Waals surface area contributed by atoms with Crippen LogP contribution >= 0.6 is 11.6 Å². The Kier molecular flexibility index (Phi) is 7.48. The number of aromatic nitrogens is 1. The summed E-state index contributed by atoms with van der Waals surface area (Å²) >= 11 is 5.71. The molecule has 9 heteroatoms. The Labute approximate surface area is 194 Å². The number of nitrogens with zero attached hydrogens (tertiary/aromatic N) is 1. The smallest absolute Gasteiger partial charge is 0.310 e. The minimum absolute atomic E-state index is 0.0128. The molecule has 0 saturated carbocycles. The summed E-state index contributed by atoms with van der Waals surface area (Å²) in [4.78, 5) is 16.0. The highest BCUT2D eigenvalue weighted by molar-refractivity contribution is 6.30. The van der Waals surface area contributed by atoms with Crippen LogP contribution in [0, 0.1) is 17.5 Å². The quantitative estimate of drug-likeness (QED) is 0.366. The molecule has 0 atom stereocenters. The number of carbonyl (C=O) groups is 1. The number of halogens is 4. The molecular formula is C24H21ClF3NO4. The Hall–Kier alpha value is -3.26. The molecule has 0 aliphatic heterocycles. The molecule has 33 heavy (non-hydrogen) atoms. The lowest BCUT2D eigenvalue weighted by atomic mass is 10.1. The first-order valence-corrected chi connectivity index (χ1v) is 10.3. The molecule has 0 unspecified atom stereocenters. The number of esters is 1. The van der Waals surface area contributed by atoms with Gasteiger partial charge in [0, 0.05) is 28.9 Å². The van der Waals surface area contributed by atoms with Crippen LogP contribution < -0.4 is 9.47 Å². The average Bonchev–Trinajstić information content (AvgIpc) is 2.70. The van der Waals surface area contributed by atoms with Gasteiger partial charge in [-0.3, -0.25) is 9.78 Å². The van der Waals surface area contributed by atoms with Crippen molar-refractivity contribution >= 4 is 17.6 Å². The standard InChI is InChI=1S/C24H21ClF3NO4/c1-24(2,3)33-23(30)9-14-8-19(27)22(12-18(14)26)32-17-6-7-29-16(11-17)13-31-21-5-4-15(25)10-20(21)28/h4-8,10-12H,9,13H2,1-3H3. The van der Waals surface area contributed by atoms with E-state index in [1.807, 2.05) is 0 Å². The zero-order valence-electron chi connectivity index (χ0n) is 18.1. The highest BCUT2D eigenvalue weighted by atomic mass is 35.5. The Morgan fingerprint density at radius 1 is 0.970 bits per heavy atom. The van der Waals surface area contributed by atoms with E-state index in [-0.39, 0.29) is 34.4 Å². The maximum atomic E-state index is 14.5. The predicted molar refractivity (Wildman–Crippen MR) is 116 cm³/mol. The zero-order valence-corrected chi connectivity index (χ0v) is 18.9. The molecule has 5 nitrogen and oxygen atoms in total. The van der Waals surface area contributed by atoms with Crippen LogP contribution in [0.25, 0.3) is 0 Å². The number of ether oxygens (including phenoxy) is 3. The SMILES string of the molecule is CC(C)(C)OC(=O)Cc1cc(F)c(Oc2ccnc(COc3ccc(Cl)cc3F)c2)cc1F. The summed E-state index contributed by atoms with van der Waals surface area (Å²) in [5, 5.41) is 0.236. The van der Waals surface area contributed by atoms with Crippen molar-refractivity contribution in [2.24, 2.45) is 0 Å². The number of hydrogen-bond donors (Lipinski definition) is 0. The van der Waals surface area contributed by atoms with Crippen molar-refractivity contribution in [2.75, 3.05) is 0 Å². The van der Waals surface area contributed by atoms with E-state index in [9.17, 15) is 18.0 Å². The molecule has 174 valence electrons. The van der Waals surface area contributed by atoms with Crippen LogP contribution in [0.1, 0.15) is 32.0 Å². The van der Waals surface area contributed by atoms with E-state index in [1.165, 1.54) is 30.5 Å². The van der Waals surface area contributed by atoms with Gasteiger partial charge in [-0.15, -0.1) is 0 Å². The van der Waals surface area contributed by atoms with Gasteiger partial charge in [0.2, 0.25) is 0 Å². The molecule has 0 radical (unpaired) electrons. The summed E-state index contributed by atoms with van der Waals surface area (Å²) in [5.41, 5.74) is -0.524. The number of rotatable bonds is 7. The summed E-state index contributed by atoms with van der Waals surface area (Å²) in [6.07, 6.45) is 0.968. The van der Waals surface area contributed by atoms with Crippen LogP contribution in [0.5, 0.6) is 17.2 Å².